The van der Waals surface area contributed by atoms with Crippen LogP contribution in [0.25, 0.3) is 39.3 Å². The molecule has 144 valence electrons. The lowest BCUT2D eigenvalue weighted by atomic mass is 9.96. The lowest BCUT2D eigenvalue weighted by molar-refractivity contribution is 0.892. The van der Waals surface area contributed by atoms with Gasteiger partial charge in [-0.05, 0) is 29.8 Å². The van der Waals surface area contributed by atoms with Crippen LogP contribution in [0, 0.1) is 0 Å². The molecule has 1 aromatic heterocycles. The monoisotopic (exact) mass is 406 g/mol. The van der Waals surface area contributed by atoms with Gasteiger partial charge < -0.3 is 0 Å². The standard InChI is InChI=1S/C27H19ClN2/c28-23-18-16-20(17-19-23)25-26(21-10-4-1-5-11-21)29-30(24-14-8-3-9-15-24)27(25)22-12-6-2-7-13-22/h1-19H. The van der Waals surface area contributed by atoms with E-state index in [1.807, 2.05) is 59.3 Å². The molecule has 0 fully saturated rings. The number of rotatable bonds is 4. The molecule has 0 N–H and O–H groups in total. The second kappa shape index (κ2) is 8.02. The summed E-state index contributed by atoms with van der Waals surface area (Å²) in [6.45, 7) is 0. The Hall–Kier alpha value is -3.62. The van der Waals surface area contributed by atoms with Gasteiger partial charge in [-0.15, -0.1) is 0 Å². The van der Waals surface area contributed by atoms with E-state index < -0.39 is 0 Å². The normalized spacial score (nSPS) is 10.8. The summed E-state index contributed by atoms with van der Waals surface area (Å²) >= 11 is 6.19. The zero-order valence-corrected chi connectivity index (χ0v) is 17.0. The topological polar surface area (TPSA) is 17.8 Å². The Kier molecular flexibility index (Phi) is 4.92. The smallest absolute Gasteiger partial charge is 0.101 e. The Bertz CT molecular complexity index is 1260. The van der Waals surface area contributed by atoms with Crippen LogP contribution in [-0.4, -0.2) is 9.78 Å². The molecule has 0 radical (unpaired) electrons. The third kappa shape index (κ3) is 3.42. The van der Waals surface area contributed by atoms with E-state index in [9.17, 15) is 0 Å². The van der Waals surface area contributed by atoms with Crippen molar-refractivity contribution in [3.05, 3.63) is 120 Å². The fourth-order valence-corrected chi connectivity index (χ4v) is 3.85. The second-order valence-electron chi connectivity index (χ2n) is 7.06. The summed E-state index contributed by atoms with van der Waals surface area (Å²) in [5.74, 6) is 0. The van der Waals surface area contributed by atoms with E-state index in [4.69, 9.17) is 16.7 Å². The van der Waals surface area contributed by atoms with Gasteiger partial charge in [0.25, 0.3) is 0 Å². The highest BCUT2D eigenvalue weighted by molar-refractivity contribution is 6.30. The van der Waals surface area contributed by atoms with E-state index in [2.05, 4.69) is 60.7 Å². The molecule has 3 heteroatoms. The van der Waals surface area contributed by atoms with Crippen LogP contribution in [0.1, 0.15) is 0 Å². The van der Waals surface area contributed by atoms with E-state index in [0.29, 0.717) is 0 Å². The van der Waals surface area contributed by atoms with Gasteiger partial charge in [-0.2, -0.15) is 5.10 Å². The van der Waals surface area contributed by atoms with E-state index in [1.165, 1.54) is 0 Å². The van der Waals surface area contributed by atoms with E-state index >= 15 is 0 Å². The van der Waals surface area contributed by atoms with E-state index in [0.717, 1.165) is 44.4 Å². The maximum atomic E-state index is 6.19. The predicted octanol–water partition coefficient (Wildman–Crippen LogP) is 7.53. The first kappa shape index (κ1) is 18.4. The zero-order chi connectivity index (χ0) is 20.3. The quantitative estimate of drug-likeness (QED) is 0.301. The maximum Gasteiger partial charge on any atom is 0.101 e. The summed E-state index contributed by atoms with van der Waals surface area (Å²) in [6, 6.07) is 39.0. The molecule has 0 saturated carbocycles. The van der Waals surface area contributed by atoms with Crippen LogP contribution in [0.2, 0.25) is 5.02 Å². The fraction of sp³-hybridized carbons (Fsp3) is 0. The van der Waals surface area contributed by atoms with Gasteiger partial charge in [-0.1, -0.05) is 103 Å². The van der Waals surface area contributed by atoms with Crippen molar-refractivity contribution in [2.24, 2.45) is 0 Å². The minimum Gasteiger partial charge on any atom is -0.232 e. The molecule has 0 aliphatic rings. The molecule has 0 atom stereocenters. The van der Waals surface area contributed by atoms with Gasteiger partial charge in [0.15, 0.2) is 0 Å². The number of halogens is 1. The SMILES string of the molecule is Clc1ccc(-c2c(-c3ccccc3)nn(-c3ccccc3)c2-c2ccccc2)cc1. The van der Waals surface area contributed by atoms with Gasteiger partial charge in [0, 0.05) is 21.7 Å². The molecule has 0 aliphatic heterocycles. The van der Waals surface area contributed by atoms with Gasteiger partial charge in [0.05, 0.1) is 11.4 Å². The minimum absolute atomic E-state index is 0.719. The molecule has 0 bridgehead atoms. The van der Waals surface area contributed by atoms with E-state index in [-0.39, 0.29) is 0 Å². The molecule has 5 rings (SSSR count). The van der Waals surface area contributed by atoms with Gasteiger partial charge >= 0.3 is 0 Å². The molecular weight excluding hydrogens is 388 g/mol. The van der Waals surface area contributed by atoms with Gasteiger partial charge in [-0.3, -0.25) is 0 Å². The summed E-state index contributed by atoms with van der Waals surface area (Å²) in [7, 11) is 0. The Morgan fingerprint density at radius 3 is 1.67 bits per heavy atom. The fourth-order valence-electron chi connectivity index (χ4n) is 3.72. The van der Waals surface area contributed by atoms with Crippen LogP contribution < -0.4 is 0 Å². The summed E-state index contributed by atoms with van der Waals surface area (Å²) < 4.78 is 2.04. The molecule has 5 aromatic rings. The summed E-state index contributed by atoms with van der Waals surface area (Å²) in [4.78, 5) is 0. The van der Waals surface area contributed by atoms with Crippen molar-refractivity contribution >= 4 is 11.6 Å². The molecule has 1 heterocycles. The van der Waals surface area contributed by atoms with Crippen molar-refractivity contribution in [1.82, 2.24) is 9.78 Å². The number of para-hydroxylation sites is 1. The lowest BCUT2D eigenvalue weighted by Gasteiger charge is -2.11. The molecule has 30 heavy (non-hydrogen) atoms. The van der Waals surface area contributed by atoms with Crippen LogP contribution in [0.4, 0.5) is 0 Å². The van der Waals surface area contributed by atoms with Crippen molar-refractivity contribution in [3.63, 3.8) is 0 Å². The Labute approximate surface area is 181 Å². The van der Waals surface area contributed by atoms with Gasteiger partial charge in [0.2, 0.25) is 0 Å². The van der Waals surface area contributed by atoms with Crippen LogP contribution in [0.3, 0.4) is 0 Å². The first-order valence-electron chi connectivity index (χ1n) is 9.86. The highest BCUT2D eigenvalue weighted by Gasteiger charge is 2.22. The second-order valence-corrected chi connectivity index (χ2v) is 7.49. The Balaban J connectivity index is 1.88. The van der Waals surface area contributed by atoms with Crippen LogP contribution >= 0.6 is 11.6 Å². The molecular formula is C27H19ClN2. The first-order chi connectivity index (χ1) is 14.8. The maximum absolute atomic E-state index is 6.19. The number of hydrogen-bond acceptors (Lipinski definition) is 1. The molecule has 0 aliphatic carbocycles. The third-order valence-electron chi connectivity index (χ3n) is 5.11. The molecule has 2 nitrogen and oxygen atoms in total. The third-order valence-corrected chi connectivity index (χ3v) is 5.37. The van der Waals surface area contributed by atoms with Gasteiger partial charge in [-0.25, -0.2) is 4.68 Å². The van der Waals surface area contributed by atoms with Crippen LogP contribution in [0.15, 0.2) is 115 Å². The van der Waals surface area contributed by atoms with Crippen LogP contribution in [-0.2, 0) is 0 Å². The highest BCUT2D eigenvalue weighted by atomic mass is 35.5. The number of hydrogen-bond donors (Lipinski definition) is 0. The first-order valence-corrected chi connectivity index (χ1v) is 10.2. The highest BCUT2D eigenvalue weighted by Crippen LogP contribution is 2.41. The molecule has 0 unspecified atom stereocenters. The van der Waals surface area contributed by atoms with Crippen molar-refractivity contribution < 1.29 is 0 Å². The van der Waals surface area contributed by atoms with Crippen LogP contribution in [0.5, 0.6) is 0 Å². The Morgan fingerprint density at radius 2 is 1.07 bits per heavy atom. The van der Waals surface area contributed by atoms with Crippen molar-refractivity contribution in [3.8, 4) is 39.3 Å². The van der Waals surface area contributed by atoms with Crippen molar-refractivity contribution in [1.29, 1.82) is 0 Å². The summed E-state index contributed by atoms with van der Waals surface area (Å²) in [5.41, 5.74) is 7.39. The summed E-state index contributed by atoms with van der Waals surface area (Å²) in [5, 5.41) is 5.83. The summed E-state index contributed by atoms with van der Waals surface area (Å²) in [6.07, 6.45) is 0. The molecule has 4 aromatic carbocycles. The van der Waals surface area contributed by atoms with Crippen molar-refractivity contribution in [2.45, 2.75) is 0 Å². The predicted molar refractivity (Wildman–Crippen MR) is 125 cm³/mol. The zero-order valence-electron chi connectivity index (χ0n) is 16.2. The van der Waals surface area contributed by atoms with Crippen molar-refractivity contribution in [2.75, 3.05) is 0 Å². The van der Waals surface area contributed by atoms with Gasteiger partial charge in [0.1, 0.15) is 5.69 Å². The average molecular weight is 407 g/mol. The van der Waals surface area contributed by atoms with E-state index in [1.54, 1.807) is 0 Å². The lowest BCUT2D eigenvalue weighted by Crippen LogP contribution is -1.99. The number of benzene rings is 4. The minimum atomic E-state index is 0.719. The number of nitrogens with zero attached hydrogens (tertiary/aromatic N) is 2. The Morgan fingerprint density at radius 1 is 0.533 bits per heavy atom. The number of aromatic nitrogens is 2. The molecule has 0 amide bonds. The average Bonchev–Trinajstić information content (AvgIpc) is 3.22. The molecule has 0 saturated heterocycles. The molecule has 0 spiro atoms. The largest absolute Gasteiger partial charge is 0.232 e.